The summed E-state index contributed by atoms with van der Waals surface area (Å²) in [7, 11) is -3.57. The number of thiophene rings is 1. The van der Waals surface area contributed by atoms with Gasteiger partial charge in [-0.15, -0.1) is 11.3 Å². The van der Waals surface area contributed by atoms with Crippen molar-refractivity contribution >= 4 is 60.2 Å². The molecule has 2 aromatic rings. The molecule has 8 heteroatoms. The lowest BCUT2D eigenvalue weighted by atomic mass is 10.1. The molecule has 0 unspecified atom stereocenters. The molecule has 4 nitrogen and oxygen atoms in total. The van der Waals surface area contributed by atoms with Crippen molar-refractivity contribution in [2.24, 2.45) is 5.73 Å². The predicted octanol–water partition coefficient (Wildman–Crippen LogP) is 3.14. The van der Waals surface area contributed by atoms with Crippen LogP contribution in [0.2, 0.25) is 0 Å². The molecule has 0 amide bonds. The number of nitrogens with two attached hydrogens (primary N) is 1. The maximum absolute atomic E-state index is 12.2. The Kier molecular flexibility index (Phi) is 4.79. The van der Waals surface area contributed by atoms with Crippen LogP contribution < -0.4 is 10.5 Å². The molecule has 20 heavy (non-hydrogen) atoms. The Morgan fingerprint density at radius 1 is 1.30 bits per heavy atom. The van der Waals surface area contributed by atoms with Gasteiger partial charge in [0.2, 0.25) is 0 Å². The second kappa shape index (κ2) is 6.21. The van der Waals surface area contributed by atoms with Gasteiger partial charge in [-0.1, -0.05) is 24.4 Å². The fourth-order valence-corrected chi connectivity index (χ4v) is 5.13. The number of anilines is 1. The average molecular weight is 391 g/mol. The van der Waals surface area contributed by atoms with Gasteiger partial charge in [0.1, 0.15) is 0 Å². The smallest absolute Gasteiger partial charge is 0.272 e. The van der Waals surface area contributed by atoms with E-state index in [0.717, 1.165) is 16.9 Å². The van der Waals surface area contributed by atoms with Crippen molar-refractivity contribution in [2.75, 3.05) is 4.72 Å². The van der Waals surface area contributed by atoms with Crippen LogP contribution in [-0.2, 0) is 16.4 Å². The van der Waals surface area contributed by atoms with Crippen LogP contribution in [0.1, 0.15) is 5.56 Å². The molecule has 2 rings (SSSR count). The molecule has 1 heterocycles. The number of sulfonamides is 1. The van der Waals surface area contributed by atoms with E-state index >= 15 is 0 Å². The topological polar surface area (TPSA) is 72.2 Å². The summed E-state index contributed by atoms with van der Waals surface area (Å²) in [6.45, 7) is 0. The number of nitrogens with one attached hydrogen (secondary N) is 1. The third-order valence-corrected chi connectivity index (χ3v) is 6.61. The van der Waals surface area contributed by atoms with Crippen molar-refractivity contribution in [1.29, 1.82) is 0 Å². The Labute approximate surface area is 135 Å². The maximum atomic E-state index is 12.2. The van der Waals surface area contributed by atoms with E-state index < -0.39 is 10.0 Å². The second-order valence-corrected chi connectivity index (χ2v) is 8.17. The summed E-state index contributed by atoms with van der Waals surface area (Å²) in [5, 5.41) is 1.71. The van der Waals surface area contributed by atoms with Crippen LogP contribution in [0, 0.1) is 0 Å². The molecule has 0 spiro atoms. The average Bonchev–Trinajstić information content (AvgIpc) is 2.78. The van der Waals surface area contributed by atoms with Crippen molar-refractivity contribution in [2.45, 2.75) is 10.6 Å². The van der Waals surface area contributed by atoms with Crippen molar-refractivity contribution < 1.29 is 8.42 Å². The summed E-state index contributed by atoms with van der Waals surface area (Å²) < 4.78 is 27.7. The molecule has 0 radical (unpaired) electrons. The normalized spacial score (nSPS) is 11.2. The standard InChI is InChI=1S/C12H11BrN2O2S3/c13-10-5-6-19-12(10)20(16,17)15-9-3-1-8(2-4-9)7-11(14)18/h1-6,15H,7H2,(H2,14,18). The quantitative estimate of drug-likeness (QED) is 0.769. The number of hydrogen-bond donors (Lipinski definition) is 2. The summed E-state index contributed by atoms with van der Waals surface area (Å²) in [6, 6.07) is 8.66. The molecule has 1 aromatic heterocycles. The zero-order valence-corrected chi connectivity index (χ0v) is 14.2. The first-order valence-corrected chi connectivity index (χ1v) is 9.08. The van der Waals surface area contributed by atoms with Crippen molar-refractivity contribution in [3.63, 3.8) is 0 Å². The number of rotatable bonds is 5. The van der Waals surface area contributed by atoms with Gasteiger partial charge in [-0.05, 0) is 45.1 Å². The zero-order valence-electron chi connectivity index (χ0n) is 10.2. The van der Waals surface area contributed by atoms with Crippen LogP contribution >= 0.6 is 39.5 Å². The van der Waals surface area contributed by atoms with E-state index in [9.17, 15) is 8.42 Å². The van der Waals surface area contributed by atoms with Gasteiger partial charge in [0, 0.05) is 16.6 Å². The highest BCUT2D eigenvalue weighted by atomic mass is 79.9. The van der Waals surface area contributed by atoms with Crippen molar-refractivity contribution in [1.82, 2.24) is 0 Å². The lowest BCUT2D eigenvalue weighted by Crippen LogP contribution is -2.13. The molecule has 0 saturated carbocycles. The fourth-order valence-electron chi connectivity index (χ4n) is 1.56. The summed E-state index contributed by atoms with van der Waals surface area (Å²) in [6.07, 6.45) is 0.499. The van der Waals surface area contributed by atoms with Crippen LogP contribution in [0.4, 0.5) is 5.69 Å². The van der Waals surface area contributed by atoms with Crippen LogP contribution in [0.15, 0.2) is 44.4 Å². The van der Waals surface area contributed by atoms with Crippen LogP contribution in [0.3, 0.4) is 0 Å². The first-order valence-electron chi connectivity index (χ1n) is 5.51. The molecule has 106 valence electrons. The van der Waals surface area contributed by atoms with E-state index in [1.807, 2.05) is 0 Å². The minimum absolute atomic E-state index is 0.254. The van der Waals surface area contributed by atoms with Gasteiger partial charge in [-0.3, -0.25) is 4.72 Å². The van der Waals surface area contributed by atoms with E-state index in [1.54, 1.807) is 35.7 Å². The summed E-state index contributed by atoms with van der Waals surface area (Å²) in [5.41, 5.74) is 6.90. The van der Waals surface area contributed by atoms with Gasteiger partial charge in [0.15, 0.2) is 4.21 Å². The third kappa shape index (κ3) is 3.78. The first-order chi connectivity index (χ1) is 9.38. The lowest BCUT2D eigenvalue weighted by Gasteiger charge is -2.07. The Balaban J connectivity index is 2.18. The zero-order chi connectivity index (χ0) is 14.8. The van der Waals surface area contributed by atoms with Crippen LogP contribution in [0.25, 0.3) is 0 Å². The number of benzene rings is 1. The Bertz CT molecular complexity index is 723. The van der Waals surface area contributed by atoms with Gasteiger partial charge in [-0.25, -0.2) is 8.42 Å². The highest BCUT2D eigenvalue weighted by Gasteiger charge is 2.19. The minimum atomic E-state index is -3.57. The van der Waals surface area contributed by atoms with Gasteiger partial charge in [0.25, 0.3) is 10.0 Å². The second-order valence-electron chi connectivity index (χ2n) is 4.00. The molecule has 0 atom stereocenters. The molecular weight excluding hydrogens is 380 g/mol. The fraction of sp³-hybridized carbons (Fsp3) is 0.0833. The van der Waals surface area contributed by atoms with Crippen molar-refractivity contribution in [3.05, 3.63) is 45.7 Å². The van der Waals surface area contributed by atoms with E-state index in [2.05, 4.69) is 20.7 Å². The molecule has 0 aliphatic carbocycles. The number of halogens is 1. The van der Waals surface area contributed by atoms with Crippen LogP contribution in [0.5, 0.6) is 0 Å². The molecule has 1 aromatic carbocycles. The van der Waals surface area contributed by atoms with E-state index in [1.165, 1.54) is 0 Å². The first kappa shape index (κ1) is 15.4. The van der Waals surface area contributed by atoms with Gasteiger partial charge >= 0.3 is 0 Å². The summed E-state index contributed by atoms with van der Waals surface area (Å²) in [4.78, 5) is 0.404. The van der Waals surface area contributed by atoms with Gasteiger partial charge in [0.05, 0.1) is 4.99 Å². The van der Waals surface area contributed by atoms with Gasteiger partial charge in [-0.2, -0.15) is 0 Å². The van der Waals surface area contributed by atoms with Crippen molar-refractivity contribution in [3.8, 4) is 0 Å². The highest BCUT2D eigenvalue weighted by Crippen LogP contribution is 2.29. The Hall–Kier alpha value is -0.960. The molecule has 3 N–H and O–H groups in total. The summed E-state index contributed by atoms with van der Waals surface area (Å²) >= 11 is 9.20. The SMILES string of the molecule is NC(=S)Cc1ccc(NS(=O)(=O)c2sccc2Br)cc1. The minimum Gasteiger partial charge on any atom is -0.393 e. The third-order valence-electron chi connectivity index (χ3n) is 2.41. The molecule has 0 aliphatic rings. The monoisotopic (exact) mass is 390 g/mol. The number of hydrogen-bond acceptors (Lipinski definition) is 4. The van der Waals surface area contributed by atoms with E-state index in [-0.39, 0.29) is 4.21 Å². The molecule has 0 bridgehead atoms. The Morgan fingerprint density at radius 2 is 1.95 bits per heavy atom. The van der Waals surface area contributed by atoms with Gasteiger partial charge < -0.3 is 5.73 Å². The van der Waals surface area contributed by atoms with E-state index in [0.29, 0.717) is 21.6 Å². The lowest BCUT2D eigenvalue weighted by molar-refractivity contribution is 0.603. The maximum Gasteiger partial charge on any atom is 0.272 e. The summed E-state index contributed by atoms with van der Waals surface area (Å²) in [5.74, 6) is 0. The predicted molar refractivity (Wildman–Crippen MR) is 89.8 cm³/mol. The molecule has 0 saturated heterocycles. The molecule has 0 aliphatic heterocycles. The number of thiocarbonyl (C=S) groups is 1. The highest BCUT2D eigenvalue weighted by molar-refractivity contribution is 9.10. The largest absolute Gasteiger partial charge is 0.393 e. The Morgan fingerprint density at radius 3 is 2.45 bits per heavy atom. The van der Waals surface area contributed by atoms with Crippen LogP contribution in [-0.4, -0.2) is 13.4 Å². The molecule has 0 fully saturated rings. The molecular formula is C12H11BrN2O2S3. The van der Waals surface area contributed by atoms with E-state index in [4.69, 9.17) is 18.0 Å².